The highest BCUT2D eigenvalue weighted by Gasteiger charge is 2.58. The molecule has 0 heterocycles. The number of carbonyl (C=O) groups excluding carboxylic acids is 2. The van der Waals surface area contributed by atoms with E-state index in [4.69, 9.17) is 0 Å². The molecule has 2 unspecified atom stereocenters. The molecule has 0 bridgehead atoms. The van der Waals surface area contributed by atoms with Crippen LogP contribution in [-0.2, 0) is 9.59 Å². The maximum absolute atomic E-state index is 12.2. The average Bonchev–Trinajstić information content (AvgIpc) is 2.91. The van der Waals surface area contributed by atoms with Crippen molar-refractivity contribution in [1.29, 1.82) is 0 Å². The van der Waals surface area contributed by atoms with E-state index in [1.54, 1.807) is 24.3 Å². The SMILES string of the molecule is CC(=O)N(C(C)=O)C1CC[C@H]2[C@@H]3CCC4CCC=C[C@]4(C)C3=CC[C@]12C. The fourth-order valence-corrected chi connectivity index (χ4v) is 7.17. The molecule has 26 heavy (non-hydrogen) atoms. The van der Waals surface area contributed by atoms with Gasteiger partial charge < -0.3 is 0 Å². The van der Waals surface area contributed by atoms with Crippen LogP contribution in [0.4, 0.5) is 0 Å². The van der Waals surface area contributed by atoms with E-state index in [1.165, 1.54) is 25.7 Å². The highest BCUT2D eigenvalue weighted by Crippen LogP contribution is 2.63. The number of fused-ring (bicyclic) bond motifs is 5. The maximum Gasteiger partial charge on any atom is 0.226 e. The van der Waals surface area contributed by atoms with Crippen molar-refractivity contribution in [2.75, 3.05) is 0 Å². The Hall–Kier alpha value is -1.38. The van der Waals surface area contributed by atoms with Gasteiger partial charge in [0.05, 0.1) is 0 Å². The van der Waals surface area contributed by atoms with Gasteiger partial charge in [-0.3, -0.25) is 14.5 Å². The van der Waals surface area contributed by atoms with E-state index in [1.807, 2.05) is 0 Å². The predicted octanol–water partition coefficient (Wildman–Crippen LogP) is 4.88. The predicted molar refractivity (Wildman–Crippen MR) is 103 cm³/mol. The zero-order valence-corrected chi connectivity index (χ0v) is 16.8. The molecule has 2 saturated carbocycles. The lowest BCUT2D eigenvalue weighted by molar-refractivity contribution is -0.148. The fraction of sp³-hybridized carbons (Fsp3) is 0.739. The molecule has 0 saturated heterocycles. The van der Waals surface area contributed by atoms with E-state index in [-0.39, 0.29) is 28.7 Å². The van der Waals surface area contributed by atoms with Gasteiger partial charge in [-0.15, -0.1) is 0 Å². The molecule has 0 aromatic rings. The number of imide groups is 1. The van der Waals surface area contributed by atoms with E-state index >= 15 is 0 Å². The van der Waals surface area contributed by atoms with Gasteiger partial charge in [0.25, 0.3) is 0 Å². The Morgan fingerprint density at radius 2 is 1.77 bits per heavy atom. The smallest absolute Gasteiger partial charge is 0.226 e. The molecule has 0 aromatic carbocycles. The van der Waals surface area contributed by atoms with Crippen LogP contribution in [0.1, 0.15) is 72.6 Å². The zero-order valence-electron chi connectivity index (χ0n) is 16.8. The maximum atomic E-state index is 12.2. The van der Waals surface area contributed by atoms with Crippen molar-refractivity contribution in [3.63, 3.8) is 0 Å². The summed E-state index contributed by atoms with van der Waals surface area (Å²) in [6, 6.07) is 0.0627. The van der Waals surface area contributed by atoms with E-state index in [2.05, 4.69) is 32.1 Å². The first kappa shape index (κ1) is 18.0. The van der Waals surface area contributed by atoms with E-state index < -0.39 is 0 Å². The number of rotatable bonds is 1. The van der Waals surface area contributed by atoms with Crippen molar-refractivity contribution < 1.29 is 9.59 Å². The van der Waals surface area contributed by atoms with E-state index in [0.717, 1.165) is 25.2 Å². The van der Waals surface area contributed by atoms with Crippen LogP contribution in [0.25, 0.3) is 0 Å². The Morgan fingerprint density at radius 1 is 1.04 bits per heavy atom. The summed E-state index contributed by atoms with van der Waals surface area (Å²) in [6.45, 7) is 7.88. The van der Waals surface area contributed by atoms with E-state index in [9.17, 15) is 9.59 Å². The van der Waals surface area contributed by atoms with Crippen LogP contribution >= 0.6 is 0 Å². The third kappa shape index (κ3) is 2.38. The van der Waals surface area contributed by atoms with Gasteiger partial charge >= 0.3 is 0 Å². The summed E-state index contributed by atoms with van der Waals surface area (Å²) in [6.07, 6.45) is 15.7. The highest BCUT2D eigenvalue weighted by atomic mass is 16.2. The van der Waals surface area contributed by atoms with Crippen molar-refractivity contribution in [3.05, 3.63) is 23.8 Å². The quantitative estimate of drug-likeness (QED) is 0.629. The number of nitrogens with zero attached hydrogens (tertiary/aromatic N) is 1. The van der Waals surface area contributed by atoms with Crippen LogP contribution in [-0.4, -0.2) is 22.8 Å². The largest absolute Gasteiger partial charge is 0.279 e. The molecule has 0 aromatic heterocycles. The van der Waals surface area contributed by atoms with Gasteiger partial charge in [0.2, 0.25) is 11.8 Å². The molecule has 0 radical (unpaired) electrons. The lowest BCUT2D eigenvalue weighted by Gasteiger charge is -2.55. The molecule has 0 spiro atoms. The van der Waals surface area contributed by atoms with Gasteiger partial charge in [0.1, 0.15) is 0 Å². The molecule has 2 fully saturated rings. The van der Waals surface area contributed by atoms with Gasteiger partial charge in [-0.25, -0.2) is 0 Å². The first-order valence-electron chi connectivity index (χ1n) is 10.5. The topological polar surface area (TPSA) is 37.4 Å². The summed E-state index contributed by atoms with van der Waals surface area (Å²) in [5, 5.41) is 0. The number of amides is 2. The minimum absolute atomic E-state index is 0.0348. The molecule has 2 amide bonds. The lowest BCUT2D eigenvalue weighted by Crippen LogP contribution is -2.53. The molecule has 3 heteroatoms. The Morgan fingerprint density at radius 3 is 2.46 bits per heavy atom. The standard InChI is InChI=1S/C23H33NO2/c1-15(25)24(16(2)26)21-11-10-19-18-9-8-17-7-5-6-13-22(17,3)20(18)12-14-23(19,21)4/h6,12-13,17-19,21H,5,7-11,14H2,1-4H3/t17?,18-,19-,21?,22-,23-/m0/s1. The summed E-state index contributed by atoms with van der Waals surface area (Å²) < 4.78 is 0. The second-order valence-electron chi connectivity index (χ2n) is 9.62. The molecule has 0 aliphatic heterocycles. The van der Waals surface area contributed by atoms with Gasteiger partial charge in [0.15, 0.2) is 0 Å². The first-order valence-corrected chi connectivity index (χ1v) is 10.5. The van der Waals surface area contributed by atoms with Crippen molar-refractivity contribution in [2.45, 2.75) is 78.7 Å². The summed E-state index contributed by atoms with van der Waals surface area (Å²) in [5.41, 5.74) is 1.94. The Bertz CT molecular complexity index is 678. The number of hydrogen-bond donors (Lipinski definition) is 0. The molecule has 0 N–H and O–H groups in total. The Kier molecular flexibility index (Phi) is 4.20. The molecule has 4 aliphatic rings. The number of allylic oxidation sites excluding steroid dienone is 4. The normalized spacial score (nSPS) is 43.8. The van der Waals surface area contributed by atoms with Gasteiger partial charge in [-0.1, -0.05) is 37.6 Å². The van der Waals surface area contributed by atoms with E-state index in [0.29, 0.717) is 11.8 Å². The molecular formula is C23H33NO2. The molecular weight excluding hydrogens is 322 g/mol. The summed E-state index contributed by atoms with van der Waals surface area (Å²) in [7, 11) is 0. The average molecular weight is 356 g/mol. The van der Waals surface area contributed by atoms with Crippen LogP contribution in [0, 0.1) is 28.6 Å². The van der Waals surface area contributed by atoms with Crippen LogP contribution in [0.5, 0.6) is 0 Å². The number of carbonyl (C=O) groups is 2. The molecule has 6 atom stereocenters. The molecule has 4 aliphatic carbocycles. The molecule has 3 nitrogen and oxygen atoms in total. The van der Waals surface area contributed by atoms with Crippen LogP contribution in [0.15, 0.2) is 23.8 Å². The Balaban J connectivity index is 1.71. The third-order valence-electron chi connectivity index (χ3n) is 8.44. The summed E-state index contributed by atoms with van der Waals surface area (Å²) >= 11 is 0. The van der Waals surface area contributed by atoms with Gasteiger partial charge in [0, 0.05) is 25.3 Å². The van der Waals surface area contributed by atoms with Gasteiger partial charge in [-0.2, -0.15) is 0 Å². The summed E-state index contributed by atoms with van der Waals surface area (Å²) in [5.74, 6) is 1.84. The number of hydrogen-bond acceptors (Lipinski definition) is 2. The van der Waals surface area contributed by atoms with Crippen LogP contribution in [0.2, 0.25) is 0 Å². The van der Waals surface area contributed by atoms with Crippen LogP contribution in [0.3, 0.4) is 0 Å². The Labute approximate surface area is 157 Å². The lowest BCUT2D eigenvalue weighted by atomic mass is 9.50. The highest BCUT2D eigenvalue weighted by molar-refractivity contribution is 5.93. The minimum atomic E-state index is -0.0926. The van der Waals surface area contributed by atoms with Gasteiger partial charge in [-0.05, 0) is 68.1 Å². The minimum Gasteiger partial charge on any atom is -0.279 e. The monoisotopic (exact) mass is 355 g/mol. The molecule has 4 rings (SSSR count). The molecule has 142 valence electrons. The van der Waals surface area contributed by atoms with Crippen molar-refractivity contribution in [3.8, 4) is 0 Å². The second-order valence-corrected chi connectivity index (χ2v) is 9.62. The zero-order chi connectivity index (χ0) is 18.7. The third-order valence-corrected chi connectivity index (χ3v) is 8.44. The first-order chi connectivity index (χ1) is 12.3. The van der Waals surface area contributed by atoms with Crippen molar-refractivity contribution >= 4 is 11.8 Å². The summed E-state index contributed by atoms with van der Waals surface area (Å²) in [4.78, 5) is 25.9. The van der Waals surface area contributed by atoms with Crippen LogP contribution < -0.4 is 0 Å². The fourth-order valence-electron chi connectivity index (χ4n) is 7.17. The second kappa shape index (κ2) is 6.07. The van der Waals surface area contributed by atoms with Crippen molar-refractivity contribution in [2.24, 2.45) is 28.6 Å². The van der Waals surface area contributed by atoms with Crippen molar-refractivity contribution in [1.82, 2.24) is 4.90 Å².